The van der Waals surface area contributed by atoms with E-state index < -0.39 is 0 Å². The highest BCUT2D eigenvalue weighted by Gasteiger charge is 2.22. The molecule has 1 atom stereocenters. The van der Waals surface area contributed by atoms with E-state index in [1.54, 1.807) is 36.0 Å². The zero-order chi connectivity index (χ0) is 14.1. The molecule has 3 rings (SSSR count). The molecule has 4 nitrogen and oxygen atoms in total. The van der Waals surface area contributed by atoms with Crippen LogP contribution in [0.3, 0.4) is 0 Å². The maximum atomic E-state index is 6.47. The van der Waals surface area contributed by atoms with Crippen LogP contribution in [0.5, 0.6) is 5.75 Å². The number of thiophene rings is 2. The quantitative estimate of drug-likeness (QED) is 0.783. The first-order valence-corrected chi connectivity index (χ1v) is 8.26. The lowest BCUT2D eigenvalue weighted by Crippen LogP contribution is -2.17. The third-order valence-electron chi connectivity index (χ3n) is 3.26. The molecule has 0 aliphatic carbocycles. The van der Waals surface area contributed by atoms with Crippen LogP contribution >= 0.6 is 22.7 Å². The largest absolute Gasteiger partial charge is 0.493 e. The van der Waals surface area contributed by atoms with Crippen molar-refractivity contribution in [3.05, 3.63) is 34.3 Å². The Labute approximate surface area is 125 Å². The van der Waals surface area contributed by atoms with Gasteiger partial charge in [0.15, 0.2) is 5.75 Å². The first-order valence-electron chi connectivity index (χ1n) is 6.56. The van der Waals surface area contributed by atoms with Gasteiger partial charge in [-0.3, -0.25) is 4.68 Å². The molecule has 0 spiro atoms. The fourth-order valence-electron chi connectivity index (χ4n) is 2.31. The lowest BCUT2D eigenvalue weighted by Gasteiger charge is -2.14. The number of aryl methyl sites for hydroxylation is 1. The van der Waals surface area contributed by atoms with Gasteiger partial charge in [0.2, 0.25) is 0 Å². The van der Waals surface area contributed by atoms with E-state index in [9.17, 15) is 0 Å². The molecule has 0 aliphatic rings. The Balaban J connectivity index is 2.02. The topological polar surface area (TPSA) is 53.1 Å². The zero-order valence-corrected chi connectivity index (χ0v) is 13.1. The van der Waals surface area contributed by atoms with E-state index in [4.69, 9.17) is 10.5 Å². The summed E-state index contributed by atoms with van der Waals surface area (Å²) >= 11 is 3.49. The number of methoxy groups -OCH3 is 1. The number of hydrogen-bond donors (Lipinski definition) is 1. The molecule has 0 aromatic carbocycles. The minimum absolute atomic E-state index is 0.191. The lowest BCUT2D eigenvalue weighted by molar-refractivity contribution is 0.404. The van der Waals surface area contributed by atoms with E-state index in [1.807, 2.05) is 4.68 Å². The molecular formula is C14H17N3OS2. The Kier molecular flexibility index (Phi) is 3.78. The van der Waals surface area contributed by atoms with Crippen molar-refractivity contribution >= 4 is 32.1 Å². The fraction of sp³-hybridized carbons (Fsp3) is 0.357. The van der Waals surface area contributed by atoms with Crippen LogP contribution in [-0.2, 0) is 6.54 Å². The molecular weight excluding hydrogens is 290 g/mol. The zero-order valence-electron chi connectivity index (χ0n) is 11.5. The van der Waals surface area contributed by atoms with E-state index >= 15 is 0 Å². The molecule has 20 heavy (non-hydrogen) atoms. The van der Waals surface area contributed by atoms with Crippen molar-refractivity contribution in [3.63, 3.8) is 0 Å². The first-order chi connectivity index (χ1) is 9.74. The van der Waals surface area contributed by atoms with Crippen LogP contribution in [0, 0.1) is 0 Å². The van der Waals surface area contributed by atoms with Crippen LogP contribution in [0.2, 0.25) is 0 Å². The molecule has 0 fully saturated rings. The van der Waals surface area contributed by atoms with E-state index in [2.05, 4.69) is 29.5 Å². The van der Waals surface area contributed by atoms with Gasteiger partial charge in [0.05, 0.1) is 19.3 Å². The number of nitrogens with two attached hydrogens (primary N) is 1. The molecule has 0 saturated carbocycles. The summed E-state index contributed by atoms with van der Waals surface area (Å²) in [5.74, 6) is 0.766. The predicted molar refractivity (Wildman–Crippen MR) is 84.8 cm³/mol. The van der Waals surface area contributed by atoms with E-state index in [0.717, 1.165) is 29.3 Å². The van der Waals surface area contributed by atoms with Gasteiger partial charge in [0.1, 0.15) is 5.69 Å². The van der Waals surface area contributed by atoms with Gasteiger partial charge in [-0.1, -0.05) is 6.92 Å². The predicted octanol–water partition coefficient (Wildman–Crippen LogP) is 3.63. The second-order valence-corrected chi connectivity index (χ2v) is 6.66. The standard InChI is InChI=1S/C14H17N3OS2/c1-3-5-17-14(9(18-2)8-16-17)13(15)12-7-11-10(20-12)4-6-19-11/h4,6-8,13H,3,5,15H2,1-2H3. The highest BCUT2D eigenvalue weighted by Crippen LogP contribution is 2.37. The summed E-state index contributed by atoms with van der Waals surface area (Å²) in [7, 11) is 1.66. The molecule has 0 saturated heterocycles. The van der Waals surface area contributed by atoms with Gasteiger partial charge in [-0.05, 0) is 23.9 Å². The number of ether oxygens (including phenoxy) is 1. The number of rotatable bonds is 5. The van der Waals surface area contributed by atoms with Gasteiger partial charge >= 0.3 is 0 Å². The first kappa shape index (κ1) is 13.6. The van der Waals surface area contributed by atoms with Crippen molar-refractivity contribution in [2.24, 2.45) is 5.73 Å². The summed E-state index contributed by atoms with van der Waals surface area (Å²) in [5, 5.41) is 6.49. The Morgan fingerprint density at radius 2 is 2.30 bits per heavy atom. The van der Waals surface area contributed by atoms with Gasteiger partial charge < -0.3 is 10.5 Å². The third-order valence-corrected chi connectivity index (χ3v) is 5.44. The molecule has 3 aromatic rings. The van der Waals surface area contributed by atoms with Gasteiger partial charge in [0, 0.05) is 20.8 Å². The van der Waals surface area contributed by atoms with Crippen LogP contribution in [0.25, 0.3) is 9.40 Å². The molecule has 3 aromatic heterocycles. The van der Waals surface area contributed by atoms with Crippen LogP contribution in [0.1, 0.15) is 30.0 Å². The maximum Gasteiger partial charge on any atom is 0.161 e. The lowest BCUT2D eigenvalue weighted by atomic mass is 10.1. The van der Waals surface area contributed by atoms with Crippen molar-refractivity contribution in [2.75, 3.05) is 7.11 Å². The van der Waals surface area contributed by atoms with Crippen LogP contribution in [-0.4, -0.2) is 16.9 Å². The summed E-state index contributed by atoms with van der Waals surface area (Å²) in [5.41, 5.74) is 7.43. The fourth-order valence-corrected chi connectivity index (χ4v) is 4.44. The molecule has 6 heteroatoms. The van der Waals surface area contributed by atoms with E-state index in [0.29, 0.717) is 0 Å². The average Bonchev–Trinajstić information content (AvgIpc) is 3.11. The van der Waals surface area contributed by atoms with Gasteiger partial charge in [-0.15, -0.1) is 22.7 Å². The second kappa shape index (κ2) is 5.55. The Hall–Kier alpha value is -1.37. The van der Waals surface area contributed by atoms with Gasteiger partial charge in [-0.2, -0.15) is 5.10 Å². The van der Waals surface area contributed by atoms with Crippen molar-refractivity contribution in [1.29, 1.82) is 0 Å². The molecule has 0 bridgehead atoms. The summed E-state index contributed by atoms with van der Waals surface area (Å²) in [6.07, 6.45) is 2.77. The minimum atomic E-state index is -0.191. The van der Waals surface area contributed by atoms with Gasteiger partial charge in [0.25, 0.3) is 0 Å². The normalized spacial score (nSPS) is 12.9. The number of hydrogen-bond acceptors (Lipinski definition) is 5. The summed E-state index contributed by atoms with van der Waals surface area (Å²) in [6.45, 7) is 2.98. The molecule has 106 valence electrons. The van der Waals surface area contributed by atoms with Crippen molar-refractivity contribution in [2.45, 2.75) is 25.9 Å². The van der Waals surface area contributed by atoms with E-state index in [1.165, 1.54) is 9.40 Å². The van der Waals surface area contributed by atoms with Crippen LogP contribution in [0.4, 0.5) is 0 Å². The Morgan fingerprint density at radius 1 is 1.45 bits per heavy atom. The maximum absolute atomic E-state index is 6.47. The smallest absolute Gasteiger partial charge is 0.161 e. The highest BCUT2D eigenvalue weighted by molar-refractivity contribution is 7.27. The SMILES string of the molecule is CCCn1ncc(OC)c1C(N)c1cc2sccc2s1. The van der Waals surface area contributed by atoms with Crippen LogP contribution < -0.4 is 10.5 Å². The van der Waals surface area contributed by atoms with Gasteiger partial charge in [-0.25, -0.2) is 0 Å². The Bertz CT molecular complexity index is 684. The van der Waals surface area contributed by atoms with Crippen molar-refractivity contribution in [3.8, 4) is 5.75 Å². The minimum Gasteiger partial charge on any atom is -0.493 e. The monoisotopic (exact) mass is 307 g/mol. The molecule has 0 radical (unpaired) electrons. The molecule has 3 heterocycles. The number of aromatic nitrogens is 2. The summed E-state index contributed by atoms with van der Waals surface area (Å²) in [4.78, 5) is 1.16. The summed E-state index contributed by atoms with van der Waals surface area (Å²) in [6, 6.07) is 4.13. The second-order valence-electron chi connectivity index (χ2n) is 4.60. The molecule has 2 N–H and O–H groups in total. The molecule has 0 amide bonds. The van der Waals surface area contributed by atoms with Crippen molar-refractivity contribution in [1.82, 2.24) is 9.78 Å². The summed E-state index contributed by atoms with van der Waals surface area (Å²) < 4.78 is 9.96. The average molecular weight is 307 g/mol. The molecule has 1 unspecified atom stereocenters. The van der Waals surface area contributed by atoms with E-state index in [-0.39, 0.29) is 6.04 Å². The third kappa shape index (κ3) is 2.24. The number of fused-ring (bicyclic) bond motifs is 1. The van der Waals surface area contributed by atoms with Crippen molar-refractivity contribution < 1.29 is 4.74 Å². The van der Waals surface area contributed by atoms with Crippen LogP contribution in [0.15, 0.2) is 23.7 Å². The Morgan fingerprint density at radius 3 is 3.00 bits per heavy atom. The molecule has 0 aliphatic heterocycles. The highest BCUT2D eigenvalue weighted by atomic mass is 32.1. The number of nitrogens with zero attached hydrogens (tertiary/aromatic N) is 2.